The Kier molecular flexibility index (Phi) is 3.96. The average Bonchev–Trinajstić information content (AvgIpc) is 2.88. The third kappa shape index (κ3) is 2.83. The van der Waals surface area contributed by atoms with E-state index in [1.807, 2.05) is 6.20 Å². The monoisotopic (exact) mass is 222 g/mol. The minimum Gasteiger partial charge on any atom is -0.313 e. The molecule has 0 saturated carbocycles. The molecule has 16 heavy (non-hydrogen) atoms. The minimum absolute atomic E-state index is 0.683. The summed E-state index contributed by atoms with van der Waals surface area (Å²) in [5.41, 5.74) is 1.31. The molecular weight excluding hydrogens is 200 g/mol. The second kappa shape index (κ2) is 5.46. The molecule has 4 nitrogen and oxygen atoms in total. The molecule has 90 valence electrons. The van der Waals surface area contributed by atoms with Crippen molar-refractivity contribution >= 4 is 0 Å². The minimum atomic E-state index is 0.683. The standard InChI is InChI=1S/C12H22N4/c1-3-16-12(6-8-14-16)10-15(2)9-11-5-4-7-13-11/h6,8,11,13H,3-5,7,9-10H2,1-2H3. The van der Waals surface area contributed by atoms with Crippen molar-refractivity contribution in [2.75, 3.05) is 20.1 Å². The van der Waals surface area contributed by atoms with E-state index in [-0.39, 0.29) is 0 Å². The Labute approximate surface area is 97.6 Å². The molecule has 1 aliphatic rings. The Hall–Kier alpha value is -0.870. The maximum atomic E-state index is 4.29. The fourth-order valence-electron chi connectivity index (χ4n) is 2.41. The Balaban J connectivity index is 1.84. The highest BCUT2D eigenvalue weighted by molar-refractivity contribution is 5.00. The number of likely N-dealkylation sites (N-methyl/N-ethyl adjacent to an activating group) is 1. The largest absolute Gasteiger partial charge is 0.313 e. The van der Waals surface area contributed by atoms with Crippen LogP contribution in [0.2, 0.25) is 0 Å². The van der Waals surface area contributed by atoms with Gasteiger partial charge in [-0.1, -0.05) is 0 Å². The van der Waals surface area contributed by atoms with E-state index < -0.39 is 0 Å². The zero-order valence-electron chi connectivity index (χ0n) is 10.3. The van der Waals surface area contributed by atoms with Crippen LogP contribution in [0.1, 0.15) is 25.5 Å². The van der Waals surface area contributed by atoms with Gasteiger partial charge in [0, 0.05) is 31.9 Å². The van der Waals surface area contributed by atoms with Crippen LogP contribution in [0.4, 0.5) is 0 Å². The average molecular weight is 222 g/mol. The molecule has 0 bridgehead atoms. The SMILES string of the molecule is CCn1nccc1CN(C)CC1CCCN1. The first-order chi connectivity index (χ1) is 7.79. The summed E-state index contributed by atoms with van der Waals surface area (Å²) < 4.78 is 2.07. The van der Waals surface area contributed by atoms with E-state index in [0.717, 1.165) is 19.6 Å². The van der Waals surface area contributed by atoms with Crippen LogP contribution in [0.3, 0.4) is 0 Å². The molecule has 1 atom stereocenters. The van der Waals surface area contributed by atoms with Gasteiger partial charge < -0.3 is 5.32 Å². The highest BCUT2D eigenvalue weighted by Gasteiger charge is 2.16. The van der Waals surface area contributed by atoms with Gasteiger partial charge in [0.1, 0.15) is 0 Å². The van der Waals surface area contributed by atoms with Gasteiger partial charge in [-0.25, -0.2) is 0 Å². The third-order valence-corrected chi connectivity index (χ3v) is 3.23. The van der Waals surface area contributed by atoms with Crippen LogP contribution in [0.25, 0.3) is 0 Å². The zero-order chi connectivity index (χ0) is 11.4. The summed E-state index contributed by atoms with van der Waals surface area (Å²) in [4.78, 5) is 2.38. The van der Waals surface area contributed by atoms with Crippen LogP contribution in [-0.4, -0.2) is 40.9 Å². The molecule has 1 saturated heterocycles. The molecule has 1 aromatic heterocycles. The van der Waals surface area contributed by atoms with Crippen molar-refractivity contribution in [2.45, 2.75) is 38.9 Å². The summed E-state index contributed by atoms with van der Waals surface area (Å²) in [5.74, 6) is 0. The predicted octanol–water partition coefficient (Wildman–Crippen LogP) is 1.09. The first-order valence-corrected chi connectivity index (χ1v) is 6.22. The second-order valence-electron chi connectivity index (χ2n) is 4.63. The number of nitrogens with zero attached hydrogens (tertiary/aromatic N) is 3. The number of hydrogen-bond donors (Lipinski definition) is 1. The topological polar surface area (TPSA) is 33.1 Å². The maximum absolute atomic E-state index is 4.29. The van der Waals surface area contributed by atoms with Crippen molar-refractivity contribution in [3.63, 3.8) is 0 Å². The highest BCUT2D eigenvalue weighted by atomic mass is 15.3. The van der Waals surface area contributed by atoms with Crippen molar-refractivity contribution in [1.29, 1.82) is 0 Å². The molecule has 1 N–H and O–H groups in total. The van der Waals surface area contributed by atoms with Crippen LogP contribution in [-0.2, 0) is 13.1 Å². The smallest absolute Gasteiger partial charge is 0.0524 e. The van der Waals surface area contributed by atoms with Gasteiger partial charge in [-0.15, -0.1) is 0 Å². The molecule has 0 radical (unpaired) electrons. The van der Waals surface area contributed by atoms with E-state index >= 15 is 0 Å². The van der Waals surface area contributed by atoms with Crippen molar-refractivity contribution in [3.8, 4) is 0 Å². The second-order valence-corrected chi connectivity index (χ2v) is 4.63. The van der Waals surface area contributed by atoms with Gasteiger partial charge in [-0.05, 0) is 39.4 Å². The van der Waals surface area contributed by atoms with Crippen LogP contribution < -0.4 is 5.32 Å². The summed E-state index contributed by atoms with van der Waals surface area (Å²) in [6.45, 7) is 6.40. The fraction of sp³-hybridized carbons (Fsp3) is 0.750. The van der Waals surface area contributed by atoms with E-state index in [9.17, 15) is 0 Å². The van der Waals surface area contributed by atoms with Crippen LogP contribution in [0, 0.1) is 0 Å². The van der Waals surface area contributed by atoms with Gasteiger partial charge >= 0.3 is 0 Å². The number of rotatable bonds is 5. The lowest BCUT2D eigenvalue weighted by Gasteiger charge is -2.21. The van der Waals surface area contributed by atoms with Gasteiger partial charge in [0.2, 0.25) is 0 Å². The quantitative estimate of drug-likeness (QED) is 0.809. The normalized spacial score (nSPS) is 20.8. The van der Waals surface area contributed by atoms with Crippen molar-refractivity contribution in [3.05, 3.63) is 18.0 Å². The molecule has 2 heterocycles. The molecular formula is C12H22N4. The molecule has 4 heteroatoms. The lowest BCUT2D eigenvalue weighted by atomic mass is 10.2. The predicted molar refractivity (Wildman–Crippen MR) is 65.3 cm³/mol. The first kappa shape index (κ1) is 11.6. The lowest BCUT2D eigenvalue weighted by molar-refractivity contribution is 0.284. The Morgan fingerprint density at radius 2 is 2.50 bits per heavy atom. The van der Waals surface area contributed by atoms with E-state index in [4.69, 9.17) is 0 Å². The van der Waals surface area contributed by atoms with Gasteiger partial charge in [0.15, 0.2) is 0 Å². The third-order valence-electron chi connectivity index (χ3n) is 3.23. The maximum Gasteiger partial charge on any atom is 0.0524 e. The van der Waals surface area contributed by atoms with Gasteiger partial charge in [-0.3, -0.25) is 9.58 Å². The van der Waals surface area contributed by atoms with Gasteiger partial charge in [-0.2, -0.15) is 5.10 Å². The lowest BCUT2D eigenvalue weighted by Crippen LogP contribution is -2.35. The molecule has 0 spiro atoms. The summed E-state index contributed by atoms with van der Waals surface area (Å²) in [6, 6.07) is 2.80. The summed E-state index contributed by atoms with van der Waals surface area (Å²) in [7, 11) is 2.19. The summed E-state index contributed by atoms with van der Waals surface area (Å²) in [5, 5.41) is 7.83. The molecule has 1 aromatic rings. The van der Waals surface area contributed by atoms with E-state index in [2.05, 4.69) is 40.0 Å². The molecule has 1 aliphatic heterocycles. The molecule has 1 fully saturated rings. The number of aromatic nitrogens is 2. The van der Waals surface area contributed by atoms with Crippen LogP contribution in [0.15, 0.2) is 12.3 Å². The number of aryl methyl sites for hydroxylation is 1. The van der Waals surface area contributed by atoms with Crippen molar-refractivity contribution in [1.82, 2.24) is 20.0 Å². The van der Waals surface area contributed by atoms with Crippen molar-refractivity contribution < 1.29 is 0 Å². The Morgan fingerprint density at radius 3 is 3.19 bits per heavy atom. The summed E-state index contributed by atoms with van der Waals surface area (Å²) in [6.07, 6.45) is 4.53. The summed E-state index contributed by atoms with van der Waals surface area (Å²) >= 11 is 0. The van der Waals surface area contributed by atoms with E-state index in [0.29, 0.717) is 6.04 Å². The number of hydrogen-bond acceptors (Lipinski definition) is 3. The molecule has 2 rings (SSSR count). The van der Waals surface area contributed by atoms with Crippen molar-refractivity contribution in [2.24, 2.45) is 0 Å². The number of nitrogens with one attached hydrogen (secondary N) is 1. The zero-order valence-corrected chi connectivity index (χ0v) is 10.3. The molecule has 0 aliphatic carbocycles. The molecule has 1 unspecified atom stereocenters. The van der Waals surface area contributed by atoms with E-state index in [1.54, 1.807) is 0 Å². The molecule has 0 amide bonds. The Bertz CT molecular complexity index is 315. The Morgan fingerprint density at radius 1 is 1.62 bits per heavy atom. The fourth-order valence-corrected chi connectivity index (χ4v) is 2.41. The van der Waals surface area contributed by atoms with Crippen LogP contribution >= 0.6 is 0 Å². The van der Waals surface area contributed by atoms with E-state index in [1.165, 1.54) is 25.1 Å². The molecule has 0 aromatic carbocycles. The highest BCUT2D eigenvalue weighted by Crippen LogP contribution is 2.08. The van der Waals surface area contributed by atoms with Gasteiger partial charge in [0.05, 0.1) is 5.69 Å². The first-order valence-electron chi connectivity index (χ1n) is 6.22. The van der Waals surface area contributed by atoms with Crippen LogP contribution in [0.5, 0.6) is 0 Å². The van der Waals surface area contributed by atoms with Gasteiger partial charge in [0.25, 0.3) is 0 Å².